The minimum Gasteiger partial charge on any atom is -0.461 e. The van der Waals surface area contributed by atoms with E-state index in [-0.39, 0.29) is 18.0 Å². The van der Waals surface area contributed by atoms with Crippen LogP contribution in [0.3, 0.4) is 0 Å². The quantitative estimate of drug-likeness (QED) is 0.427. The van der Waals surface area contributed by atoms with Crippen molar-refractivity contribution in [1.29, 1.82) is 0 Å². The van der Waals surface area contributed by atoms with Crippen LogP contribution in [0.15, 0.2) is 12.2 Å². The van der Waals surface area contributed by atoms with E-state index in [2.05, 4.69) is 0 Å². The molecule has 0 radical (unpaired) electrons. The third-order valence-electron chi connectivity index (χ3n) is 2.59. The van der Waals surface area contributed by atoms with Gasteiger partial charge in [0.2, 0.25) is 0 Å². The topological polar surface area (TPSA) is 43.4 Å². The van der Waals surface area contributed by atoms with Crippen molar-refractivity contribution < 1.29 is 14.3 Å². The van der Waals surface area contributed by atoms with Crippen molar-refractivity contribution in [3.63, 3.8) is 0 Å². The Labute approximate surface area is 117 Å². The third-order valence-corrected chi connectivity index (χ3v) is 5.74. The average Bonchev–Trinajstić information content (AvgIpc) is 2.31. The Morgan fingerprint density at radius 2 is 2.39 bits per heavy atom. The van der Waals surface area contributed by atoms with E-state index in [9.17, 15) is 9.59 Å². The Morgan fingerprint density at radius 1 is 1.67 bits per heavy atom. The fraction of sp³-hybridized carbons (Fsp3) is 0.692. The van der Waals surface area contributed by atoms with E-state index >= 15 is 0 Å². The van der Waals surface area contributed by atoms with Gasteiger partial charge in [-0.15, -0.1) is 23.5 Å². The zero-order valence-electron chi connectivity index (χ0n) is 11.0. The molecule has 1 aliphatic rings. The lowest BCUT2D eigenvalue weighted by molar-refractivity contribution is -0.148. The third kappa shape index (κ3) is 3.54. The Morgan fingerprint density at radius 3 is 2.94 bits per heavy atom. The van der Waals surface area contributed by atoms with Gasteiger partial charge in [0.1, 0.15) is 6.29 Å². The summed E-state index contributed by atoms with van der Waals surface area (Å²) in [5.74, 6) is 1.33. The molecule has 0 aromatic heterocycles. The van der Waals surface area contributed by atoms with Crippen LogP contribution >= 0.6 is 23.5 Å². The Kier molecular flexibility index (Phi) is 6.29. The summed E-state index contributed by atoms with van der Waals surface area (Å²) in [7, 11) is 0. The van der Waals surface area contributed by atoms with Crippen LogP contribution in [0.1, 0.15) is 27.2 Å². The lowest BCUT2D eigenvalue weighted by Gasteiger charge is -2.37. The minimum absolute atomic E-state index is 0.0788. The highest BCUT2D eigenvalue weighted by Gasteiger charge is 2.48. The highest BCUT2D eigenvalue weighted by atomic mass is 32.2. The van der Waals surface area contributed by atoms with Crippen LogP contribution in [0, 0.1) is 5.92 Å². The van der Waals surface area contributed by atoms with Crippen LogP contribution in [-0.2, 0) is 14.3 Å². The standard InChI is InChI=1S/C13H20O3S2/c1-4-17-13(12(15)16-10(2)3)11(7-8-14)6-5-9-18-13/h5-6,8,10-11H,4,7,9H2,1-3H3/t11-,13-/m0/s1. The predicted molar refractivity (Wildman–Crippen MR) is 77.9 cm³/mol. The molecule has 0 fully saturated rings. The number of esters is 1. The SMILES string of the molecule is CCS[C@]1(C(=O)OC(C)C)SCC=C[C@H]1CC=O. The molecule has 1 heterocycles. The lowest BCUT2D eigenvalue weighted by Crippen LogP contribution is -2.43. The van der Waals surface area contributed by atoms with Gasteiger partial charge in [-0.2, -0.15) is 0 Å². The van der Waals surface area contributed by atoms with Crippen LogP contribution in [0.25, 0.3) is 0 Å². The first kappa shape index (κ1) is 15.6. The van der Waals surface area contributed by atoms with E-state index in [1.165, 1.54) is 0 Å². The van der Waals surface area contributed by atoms with Gasteiger partial charge in [-0.3, -0.25) is 0 Å². The molecule has 0 amide bonds. The van der Waals surface area contributed by atoms with Gasteiger partial charge in [-0.05, 0) is 19.6 Å². The van der Waals surface area contributed by atoms with Crippen LogP contribution in [-0.4, -0.2) is 33.9 Å². The highest BCUT2D eigenvalue weighted by molar-refractivity contribution is 8.19. The molecule has 0 aliphatic carbocycles. The number of aldehydes is 1. The first-order valence-electron chi connectivity index (χ1n) is 6.16. The van der Waals surface area contributed by atoms with Crippen molar-refractivity contribution in [3.05, 3.63) is 12.2 Å². The van der Waals surface area contributed by atoms with Crippen LogP contribution < -0.4 is 0 Å². The molecule has 0 unspecified atom stereocenters. The van der Waals surface area contributed by atoms with Gasteiger partial charge in [0.05, 0.1) is 6.10 Å². The number of allylic oxidation sites excluding steroid dienone is 1. The summed E-state index contributed by atoms with van der Waals surface area (Å²) in [6.45, 7) is 5.71. The minimum atomic E-state index is -0.658. The molecule has 1 rings (SSSR count). The van der Waals surface area contributed by atoms with Gasteiger partial charge >= 0.3 is 5.97 Å². The molecule has 0 aromatic rings. The molecule has 0 saturated carbocycles. The van der Waals surface area contributed by atoms with Gasteiger partial charge < -0.3 is 9.53 Å². The van der Waals surface area contributed by atoms with Crippen LogP contribution in [0.2, 0.25) is 0 Å². The van der Waals surface area contributed by atoms with Crippen molar-refractivity contribution in [2.24, 2.45) is 5.92 Å². The Balaban J connectivity index is 2.98. The maximum Gasteiger partial charge on any atom is 0.333 e. The number of hydrogen-bond donors (Lipinski definition) is 0. The molecule has 0 spiro atoms. The normalized spacial score (nSPS) is 27.2. The maximum atomic E-state index is 12.4. The molecule has 0 saturated heterocycles. The zero-order valence-corrected chi connectivity index (χ0v) is 12.7. The van der Waals surface area contributed by atoms with Crippen molar-refractivity contribution in [1.82, 2.24) is 0 Å². The van der Waals surface area contributed by atoms with E-state index in [1.807, 2.05) is 32.9 Å². The molecule has 1 aliphatic heterocycles. The molecule has 102 valence electrons. The second-order valence-corrected chi connectivity index (χ2v) is 7.34. The van der Waals surface area contributed by atoms with Gasteiger partial charge in [0, 0.05) is 18.1 Å². The van der Waals surface area contributed by atoms with E-state index < -0.39 is 4.08 Å². The number of carbonyl (C=O) groups excluding carboxylic acids is 2. The van der Waals surface area contributed by atoms with Crippen molar-refractivity contribution in [2.45, 2.75) is 37.4 Å². The van der Waals surface area contributed by atoms with Crippen LogP contribution in [0.4, 0.5) is 0 Å². The van der Waals surface area contributed by atoms with E-state index in [4.69, 9.17) is 4.74 Å². The molecule has 3 nitrogen and oxygen atoms in total. The van der Waals surface area contributed by atoms with E-state index in [0.29, 0.717) is 6.42 Å². The second kappa shape index (κ2) is 7.24. The molecule has 5 heteroatoms. The number of thioether (sulfide) groups is 2. The molecule has 0 aromatic carbocycles. The van der Waals surface area contributed by atoms with Crippen LogP contribution in [0.5, 0.6) is 0 Å². The fourth-order valence-electron chi connectivity index (χ4n) is 1.89. The Bertz CT molecular complexity index is 328. The van der Waals surface area contributed by atoms with E-state index in [0.717, 1.165) is 17.8 Å². The first-order valence-corrected chi connectivity index (χ1v) is 8.13. The summed E-state index contributed by atoms with van der Waals surface area (Å²) in [6, 6.07) is 0. The van der Waals surface area contributed by atoms with Gasteiger partial charge in [0.15, 0.2) is 4.08 Å². The first-order chi connectivity index (χ1) is 8.56. The molecule has 0 bridgehead atoms. The Hall–Kier alpha value is -0.420. The number of ether oxygens (including phenoxy) is 1. The van der Waals surface area contributed by atoms with Gasteiger partial charge in [-0.1, -0.05) is 19.1 Å². The average molecular weight is 288 g/mol. The second-order valence-electron chi connectivity index (χ2n) is 4.30. The molecular weight excluding hydrogens is 268 g/mol. The molecular formula is C13H20O3S2. The van der Waals surface area contributed by atoms with Crippen molar-refractivity contribution in [3.8, 4) is 0 Å². The van der Waals surface area contributed by atoms with Gasteiger partial charge in [-0.25, -0.2) is 4.79 Å². The molecule has 18 heavy (non-hydrogen) atoms. The summed E-state index contributed by atoms with van der Waals surface area (Å²) in [4.78, 5) is 23.2. The summed E-state index contributed by atoms with van der Waals surface area (Å²) in [5, 5.41) is 0. The smallest absolute Gasteiger partial charge is 0.333 e. The summed E-state index contributed by atoms with van der Waals surface area (Å²) < 4.78 is 4.73. The molecule has 2 atom stereocenters. The number of hydrogen-bond acceptors (Lipinski definition) is 5. The van der Waals surface area contributed by atoms with Crippen molar-refractivity contribution in [2.75, 3.05) is 11.5 Å². The summed E-state index contributed by atoms with van der Waals surface area (Å²) in [6.07, 6.45) is 5.12. The fourth-order valence-corrected chi connectivity index (χ4v) is 4.78. The zero-order chi connectivity index (χ0) is 13.6. The maximum absolute atomic E-state index is 12.4. The number of rotatable bonds is 6. The number of carbonyl (C=O) groups is 2. The highest BCUT2D eigenvalue weighted by Crippen LogP contribution is 2.48. The predicted octanol–water partition coefficient (Wildman–Crippen LogP) is 2.90. The van der Waals surface area contributed by atoms with Gasteiger partial charge in [0.25, 0.3) is 0 Å². The summed E-state index contributed by atoms with van der Waals surface area (Å²) >= 11 is 3.15. The monoisotopic (exact) mass is 288 g/mol. The largest absolute Gasteiger partial charge is 0.461 e. The molecule has 0 N–H and O–H groups in total. The van der Waals surface area contributed by atoms with Crippen molar-refractivity contribution >= 4 is 35.8 Å². The van der Waals surface area contributed by atoms with E-state index in [1.54, 1.807) is 23.5 Å². The summed E-state index contributed by atoms with van der Waals surface area (Å²) in [5.41, 5.74) is 0. The lowest BCUT2D eigenvalue weighted by atomic mass is 10.00.